The molecule has 1 aliphatic rings. The number of aliphatic carboxylic acids is 1. The summed E-state index contributed by atoms with van der Waals surface area (Å²) < 4.78 is 23.3. The predicted octanol–water partition coefficient (Wildman–Crippen LogP) is 0.427. The van der Waals surface area contributed by atoms with Gasteiger partial charge in [0.1, 0.15) is 5.75 Å². The lowest BCUT2D eigenvalue weighted by Gasteiger charge is -2.13. The molecule has 0 aliphatic heterocycles. The fourth-order valence-corrected chi connectivity index (χ4v) is 3.99. The van der Waals surface area contributed by atoms with Gasteiger partial charge >= 0.3 is 5.97 Å². The fourth-order valence-electron chi connectivity index (χ4n) is 2.37. The third kappa shape index (κ3) is 5.59. The monoisotopic (exact) mass is 291 g/mol. The number of amides is 1. The van der Waals surface area contributed by atoms with Gasteiger partial charge in [0.15, 0.2) is 9.84 Å². The van der Waals surface area contributed by atoms with Gasteiger partial charge in [-0.05, 0) is 25.2 Å². The lowest BCUT2D eigenvalue weighted by atomic mass is 10.1. The first-order valence-corrected chi connectivity index (χ1v) is 8.24. The molecule has 0 aromatic carbocycles. The number of carboxylic acids is 1. The van der Waals surface area contributed by atoms with Crippen LogP contribution in [0.2, 0.25) is 0 Å². The van der Waals surface area contributed by atoms with Crippen molar-refractivity contribution in [3.63, 3.8) is 0 Å². The van der Waals surface area contributed by atoms with Gasteiger partial charge in [-0.2, -0.15) is 0 Å². The molecule has 1 rings (SSSR count). The first-order chi connectivity index (χ1) is 8.69. The molecule has 110 valence electrons. The number of carbonyl (C=O) groups is 2. The van der Waals surface area contributed by atoms with Gasteiger partial charge in [0.25, 0.3) is 0 Å². The van der Waals surface area contributed by atoms with Gasteiger partial charge in [0.05, 0.1) is 11.7 Å². The Morgan fingerprint density at radius 3 is 2.42 bits per heavy atom. The molecule has 1 aliphatic carbocycles. The van der Waals surface area contributed by atoms with Crippen molar-refractivity contribution in [3.05, 3.63) is 0 Å². The summed E-state index contributed by atoms with van der Waals surface area (Å²) in [5.41, 5.74) is 0. The molecule has 7 heteroatoms. The molecule has 0 heterocycles. The molecular weight excluding hydrogens is 270 g/mol. The number of carboxylic acid groups (broad SMARTS) is 1. The van der Waals surface area contributed by atoms with E-state index in [0.29, 0.717) is 19.3 Å². The van der Waals surface area contributed by atoms with Gasteiger partial charge in [0.2, 0.25) is 5.91 Å². The van der Waals surface area contributed by atoms with Crippen molar-refractivity contribution in [1.29, 1.82) is 0 Å². The number of rotatable bonds is 6. The highest BCUT2D eigenvalue weighted by Crippen LogP contribution is 2.25. The first kappa shape index (κ1) is 15.9. The van der Waals surface area contributed by atoms with Crippen molar-refractivity contribution in [2.24, 2.45) is 11.8 Å². The van der Waals surface area contributed by atoms with E-state index in [0.717, 1.165) is 0 Å². The molecule has 0 spiro atoms. The number of nitrogens with one attached hydrogen (secondary N) is 1. The Morgan fingerprint density at radius 2 is 1.95 bits per heavy atom. The van der Waals surface area contributed by atoms with Gasteiger partial charge in [-0.25, -0.2) is 8.42 Å². The molecule has 0 unspecified atom stereocenters. The molecule has 2 atom stereocenters. The maximum Gasteiger partial charge on any atom is 0.306 e. The Labute approximate surface area is 113 Å². The van der Waals surface area contributed by atoms with Crippen LogP contribution in [0.5, 0.6) is 0 Å². The van der Waals surface area contributed by atoms with Crippen molar-refractivity contribution >= 4 is 21.7 Å². The molecule has 1 amide bonds. The summed E-state index contributed by atoms with van der Waals surface area (Å²) in [5, 5.41) is 11.5. The van der Waals surface area contributed by atoms with Gasteiger partial charge < -0.3 is 10.4 Å². The van der Waals surface area contributed by atoms with Crippen LogP contribution in [0.25, 0.3) is 0 Å². The highest BCUT2D eigenvalue weighted by Gasteiger charge is 2.31. The van der Waals surface area contributed by atoms with E-state index >= 15 is 0 Å². The third-order valence-electron chi connectivity index (χ3n) is 3.09. The summed E-state index contributed by atoms with van der Waals surface area (Å²) in [6.45, 7) is 3.56. The smallest absolute Gasteiger partial charge is 0.306 e. The second kappa shape index (κ2) is 6.36. The minimum atomic E-state index is -3.38. The van der Waals surface area contributed by atoms with Crippen LogP contribution >= 0.6 is 0 Å². The summed E-state index contributed by atoms with van der Waals surface area (Å²) in [4.78, 5) is 22.4. The molecule has 2 N–H and O–H groups in total. The van der Waals surface area contributed by atoms with Crippen LogP contribution in [0.1, 0.15) is 33.1 Å². The number of hydrogen-bond acceptors (Lipinski definition) is 4. The van der Waals surface area contributed by atoms with Crippen LogP contribution in [0.3, 0.4) is 0 Å². The van der Waals surface area contributed by atoms with Crippen LogP contribution in [0.15, 0.2) is 0 Å². The average Bonchev–Trinajstić information content (AvgIpc) is 2.62. The Bertz CT molecular complexity index is 443. The fraction of sp³-hybridized carbons (Fsp3) is 0.833. The zero-order valence-corrected chi connectivity index (χ0v) is 12.1. The first-order valence-electron chi connectivity index (χ1n) is 6.42. The van der Waals surface area contributed by atoms with Crippen molar-refractivity contribution in [1.82, 2.24) is 5.32 Å². The molecule has 6 nitrogen and oxygen atoms in total. The maximum absolute atomic E-state index is 11.6. The Hall–Kier alpha value is -1.11. The second-order valence-corrected chi connectivity index (χ2v) is 7.67. The van der Waals surface area contributed by atoms with Gasteiger partial charge in [-0.15, -0.1) is 0 Å². The van der Waals surface area contributed by atoms with E-state index in [1.807, 2.05) is 0 Å². The lowest BCUT2D eigenvalue weighted by molar-refractivity contribution is -0.141. The zero-order valence-electron chi connectivity index (χ0n) is 11.3. The zero-order chi connectivity index (χ0) is 14.6. The van der Waals surface area contributed by atoms with Crippen molar-refractivity contribution in [3.8, 4) is 0 Å². The summed E-state index contributed by atoms with van der Waals surface area (Å²) >= 11 is 0. The van der Waals surface area contributed by atoms with Gasteiger partial charge in [0, 0.05) is 6.04 Å². The molecule has 0 saturated heterocycles. The number of carbonyl (C=O) groups excluding carboxylic acids is 1. The average molecular weight is 291 g/mol. The molecule has 19 heavy (non-hydrogen) atoms. The second-order valence-electron chi connectivity index (χ2n) is 5.56. The highest BCUT2D eigenvalue weighted by molar-refractivity contribution is 7.92. The molecular formula is C12H21NO5S. The minimum Gasteiger partial charge on any atom is -0.481 e. The normalized spacial score (nSPS) is 23.5. The van der Waals surface area contributed by atoms with Crippen molar-refractivity contribution in [2.45, 2.75) is 39.2 Å². The van der Waals surface area contributed by atoms with Crippen LogP contribution in [-0.4, -0.2) is 42.9 Å². The topological polar surface area (TPSA) is 101 Å². The predicted molar refractivity (Wildman–Crippen MR) is 70.4 cm³/mol. The summed E-state index contributed by atoms with van der Waals surface area (Å²) in [7, 11) is -3.38. The Morgan fingerprint density at radius 1 is 1.32 bits per heavy atom. The van der Waals surface area contributed by atoms with E-state index in [9.17, 15) is 18.0 Å². The molecule has 0 radical (unpaired) electrons. The highest BCUT2D eigenvalue weighted by atomic mass is 32.2. The maximum atomic E-state index is 11.6. The summed E-state index contributed by atoms with van der Waals surface area (Å²) in [5.74, 6) is -2.36. The summed E-state index contributed by atoms with van der Waals surface area (Å²) in [6, 6.07) is -0.220. The quantitative estimate of drug-likeness (QED) is 0.739. The Kier molecular flexibility index (Phi) is 5.34. The summed E-state index contributed by atoms with van der Waals surface area (Å²) in [6.07, 6.45) is 1.50. The van der Waals surface area contributed by atoms with Gasteiger partial charge in [-0.3, -0.25) is 9.59 Å². The molecule has 1 fully saturated rings. The minimum absolute atomic E-state index is 0.0111. The molecule has 0 bridgehead atoms. The van der Waals surface area contributed by atoms with E-state index < -0.39 is 33.4 Å². The van der Waals surface area contributed by atoms with E-state index in [4.69, 9.17) is 5.11 Å². The SMILES string of the molecule is CC(C)CS(=O)(=O)CC(=O)N[C@H]1CC[C@@H](C(=O)O)C1. The standard InChI is InChI=1S/C12H21NO5S/c1-8(2)6-19(17,18)7-11(14)13-10-4-3-9(5-10)12(15)16/h8-10H,3-7H2,1-2H3,(H,13,14)(H,15,16)/t9-,10+/m1/s1. The Balaban J connectivity index is 2.43. The van der Waals surface area contributed by atoms with Crippen LogP contribution in [-0.2, 0) is 19.4 Å². The van der Waals surface area contributed by atoms with Crippen molar-refractivity contribution < 1.29 is 23.1 Å². The molecule has 1 saturated carbocycles. The largest absolute Gasteiger partial charge is 0.481 e. The van der Waals surface area contributed by atoms with E-state index in [1.54, 1.807) is 13.8 Å². The van der Waals surface area contributed by atoms with Crippen LogP contribution < -0.4 is 5.32 Å². The van der Waals surface area contributed by atoms with Crippen LogP contribution in [0.4, 0.5) is 0 Å². The van der Waals surface area contributed by atoms with Crippen LogP contribution in [0, 0.1) is 11.8 Å². The third-order valence-corrected chi connectivity index (χ3v) is 4.96. The molecule has 0 aromatic heterocycles. The molecule has 0 aromatic rings. The van der Waals surface area contributed by atoms with E-state index in [1.165, 1.54) is 0 Å². The van der Waals surface area contributed by atoms with E-state index in [2.05, 4.69) is 5.32 Å². The number of hydrogen-bond donors (Lipinski definition) is 2. The lowest BCUT2D eigenvalue weighted by Crippen LogP contribution is -2.38. The van der Waals surface area contributed by atoms with Gasteiger partial charge in [-0.1, -0.05) is 13.8 Å². The van der Waals surface area contributed by atoms with E-state index in [-0.39, 0.29) is 17.7 Å². The number of sulfone groups is 1. The van der Waals surface area contributed by atoms with Crippen molar-refractivity contribution in [2.75, 3.05) is 11.5 Å².